The molecule has 0 aromatic rings. The van der Waals surface area contributed by atoms with Crippen LogP contribution in [-0.4, -0.2) is 28.8 Å². The fourth-order valence-corrected chi connectivity index (χ4v) is 3.84. The summed E-state index contributed by atoms with van der Waals surface area (Å²) in [6, 6.07) is 0. The van der Waals surface area contributed by atoms with Crippen molar-refractivity contribution >= 4 is 17.4 Å². The van der Waals surface area contributed by atoms with E-state index in [4.69, 9.17) is 17.0 Å². The quantitative estimate of drug-likeness (QED) is 0.688. The fourth-order valence-electron chi connectivity index (χ4n) is 3.40. The molecule has 0 unspecified atom stereocenters. The standard InChI is InChI=1S/C12H21NOS/c1-3-13(11(15)14-4-2)12-7-5-10(9-12)6-8-12/h10H,3-9H2,1-2H3. The average molecular weight is 227 g/mol. The SMILES string of the molecule is CCOC(=S)N(CC)C12CCC(CC1)C2. The molecule has 3 heteroatoms. The van der Waals surface area contributed by atoms with Crippen LogP contribution in [0, 0.1) is 5.92 Å². The van der Waals surface area contributed by atoms with Gasteiger partial charge >= 0.3 is 0 Å². The van der Waals surface area contributed by atoms with Crippen LogP contribution in [-0.2, 0) is 4.74 Å². The smallest absolute Gasteiger partial charge is 0.259 e. The molecule has 0 N–H and O–H groups in total. The molecule has 0 amide bonds. The second-order valence-electron chi connectivity index (χ2n) is 4.82. The van der Waals surface area contributed by atoms with Crippen molar-refractivity contribution in [2.24, 2.45) is 5.92 Å². The molecule has 2 aliphatic rings. The first-order valence-corrected chi connectivity index (χ1v) is 6.57. The molecule has 0 saturated heterocycles. The van der Waals surface area contributed by atoms with Gasteiger partial charge in [-0.05, 0) is 64.1 Å². The van der Waals surface area contributed by atoms with Crippen LogP contribution in [0.4, 0.5) is 0 Å². The van der Waals surface area contributed by atoms with Crippen molar-refractivity contribution in [1.82, 2.24) is 4.90 Å². The highest BCUT2D eigenvalue weighted by Gasteiger charge is 2.49. The van der Waals surface area contributed by atoms with E-state index in [0.29, 0.717) is 12.1 Å². The second-order valence-corrected chi connectivity index (χ2v) is 5.16. The molecule has 0 spiro atoms. The number of nitrogens with zero attached hydrogens (tertiary/aromatic N) is 1. The molecule has 86 valence electrons. The summed E-state index contributed by atoms with van der Waals surface area (Å²) >= 11 is 5.37. The Morgan fingerprint density at radius 3 is 2.47 bits per heavy atom. The van der Waals surface area contributed by atoms with Crippen molar-refractivity contribution in [2.45, 2.75) is 51.5 Å². The molecule has 15 heavy (non-hydrogen) atoms. The van der Waals surface area contributed by atoms with E-state index < -0.39 is 0 Å². The van der Waals surface area contributed by atoms with Gasteiger partial charge < -0.3 is 9.64 Å². The lowest BCUT2D eigenvalue weighted by Crippen LogP contribution is -2.49. The third-order valence-corrected chi connectivity index (χ3v) is 4.42. The molecule has 0 atom stereocenters. The van der Waals surface area contributed by atoms with E-state index in [1.807, 2.05) is 6.92 Å². The van der Waals surface area contributed by atoms with Crippen molar-refractivity contribution in [3.8, 4) is 0 Å². The number of hydrogen-bond donors (Lipinski definition) is 0. The van der Waals surface area contributed by atoms with Gasteiger partial charge in [-0.3, -0.25) is 0 Å². The monoisotopic (exact) mass is 227 g/mol. The van der Waals surface area contributed by atoms with Crippen molar-refractivity contribution in [3.63, 3.8) is 0 Å². The highest BCUT2D eigenvalue weighted by atomic mass is 32.1. The summed E-state index contributed by atoms with van der Waals surface area (Å²) in [6.45, 7) is 5.87. The Morgan fingerprint density at radius 1 is 1.40 bits per heavy atom. The molecule has 2 saturated carbocycles. The van der Waals surface area contributed by atoms with Gasteiger partial charge in [0.25, 0.3) is 5.17 Å². The first-order chi connectivity index (χ1) is 7.22. The lowest BCUT2D eigenvalue weighted by atomic mass is 9.92. The summed E-state index contributed by atoms with van der Waals surface area (Å²) < 4.78 is 5.51. The van der Waals surface area contributed by atoms with Crippen molar-refractivity contribution < 1.29 is 4.74 Å². The Labute approximate surface area is 98.0 Å². The highest BCUT2D eigenvalue weighted by Crippen LogP contribution is 2.51. The summed E-state index contributed by atoms with van der Waals surface area (Å²) in [4.78, 5) is 2.35. The van der Waals surface area contributed by atoms with Gasteiger partial charge in [-0.15, -0.1) is 0 Å². The van der Waals surface area contributed by atoms with Gasteiger partial charge in [0.2, 0.25) is 0 Å². The van der Waals surface area contributed by atoms with Gasteiger partial charge in [0, 0.05) is 12.1 Å². The molecule has 0 heterocycles. The van der Waals surface area contributed by atoms with Crippen LogP contribution in [0.25, 0.3) is 0 Å². The molecule has 2 aliphatic carbocycles. The van der Waals surface area contributed by atoms with Gasteiger partial charge in [-0.2, -0.15) is 0 Å². The lowest BCUT2D eigenvalue weighted by molar-refractivity contribution is 0.141. The van der Waals surface area contributed by atoms with Crippen LogP contribution in [0.2, 0.25) is 0 Å². The average Bonchev–Trinajstić information content (AvgIpc) is 2.79. The van der Waals surface area contributed by atoms with E-state index in [-0.39, 0.29) is 0 Å². The zero-order chi connectivity index (χ0) is 10.9. The van der Waals surface area contributed by atoms with Gasteiger partial charge in [0.1, 0.15) is 0 Å². The number of fused-ring (bicyclic) bond motifs is 2. The predicted molar refractivity (Wildman–Crippen MR) is 65.9 cm³/mol. The number of hydrogen-bond acceptors (Lipinski definition) is 2. The molecule has 2 nitrogen and oxygen atoms in total. The first-order valence-electron chi connectivity index (χ1n) is 6.16. The molecular formula is C12H21NOS. The fraction of sp³-hybridized carbons (Fsp3) is 0.917. The van der Waals surface area contributed by atoms with Crippen LogP contribution in [0.5, 0.6) is 0 Å². The van der Waals surface area contributed by atoms with Gasteiger partial charge in [-0.1, -0.05) is 0 Å². The molecule has 2 fully saturated rings. The van der Waals surface area contributed by atoms with Crippen LogP contribution in [0.3, 0.4) is 0 Å². The predicted octanol–water partition coefficient (Wildman–Crippen LogP) is 2.96. The summed E-state index contributed by atoms with van der Waals surface area (Å²) in [6.07, 6.45) is 6.77. The van der Waals surface area contributed by atoms with Crippen molar-refractivity contribution in [2.75, 3.05) is 13.2 Å². The summed E-state index contributed by atoms with van der Waals surface area (Å²) in [7, 11) is 0. The topological polar surface area (TPSA) is 12.5 Å². The molecule has 0 aromatic heterocycles. The lowest BCUT2D eigenvalue weighted by Gasteiger charge is -2.40. The van der Waals surface area contributed by atoms with E-state index in [9.17, 15) is 0 Å². The molecule has 2 bridgehead atoms. The molecule has 2 rings (SSSR count). The molecular weight excluding hydrogens is 206 g/mol. The number of thiocarbonyl (C=S) groups is 1. The Morgan fingerprint density at radius 2 is 2.07 bits per heavy atom. The Bertz CT molecular complexity index is 246. The first kappa shape index (κ1) is 11.2. The minimum Gasteiger partial charge on any atom is -0.471 e. The number of ether oxygens (including phenoxy) is 1. The van der Waals surface area contributed by atoms with Crippen molar-refractivity contribution in [1.29, 1.82) is 0 Å². The minimum absolute atomic E-state index is 0.367. The van der Waals surface area contributed by atoms with Gasteiger partial charge in [0.15, 0.2) is 0 Å². The van der Waals surface area contributed by atoms with Crippen LogP contribution < -0.4 is 0 Å². The van der Waals surface area contributed by atoms with E-state index in [0.717, 1.165) is 17.6 Å². The Balaban J connectivity index is 2.08. The summed E-state index contributed by atoms with van der Waals surface area (Å²) in [5.41, 5.74) is 0.367. The normalized spacial score (nSPS) is 33.1. The number of rotatable bonds is 3. The largest absolute Gasteiger partial charge is 0.471 e. The third kappa shape index (κ3) is 1.86. The second kappa shape index (κ2) is 4.28. The Hall–Kier alpha value is -0.310. The molecule has 0 radical (unpaired) electrons. The van der Waals surface area contributed by atoms with E-state index in [1.54, 1.807) is 0 Å². The summed E-state index contributed by atoms with van der Waals surface area (Å²) in [5.74, 6) is 0.962. The maximum Gasteiger partial charge on any atom is 0.259 e. The van der Waals surface area contributed by atoms with Crippen LogP contribution >= 0.6 is 12.2 Å². The van der Waals surface area contributed by atoms with Gasteiger partial charge in [0.05, 0.1) is 6.61 Å². The maximum absolute atomic E-state index is 5.51. The minimum atomic E-state index is 0.367. The van der Waals surface area contributed by atoms with Crippen molar-refractivity contribution in [3.05, 3.63) is 0 Å². The van der Waals surface area contributed by atoms with E-state index >= 15 is 0 Å². The molecule has 0 aromatic carbocycles. The zero-order valence-electron chi connectivity index (χ0n) is 9.79. The third-order valence-electron chi connectivity index (χ3n) is 4.08. The van der Waals surface area contributed by atoms with Crippen LogP contribution in [0.15, 0.2) is 0 Å². The summed E-state index contributed by atoms with van der Waals surface area (Å²) in [5, 5.41) is 0.725. The Kier molecular flexibility index (Phi) is 3.19. The van der Waals surface area contributed by atoms with E-state index in [2.05, 4.69) is 11.8 Å². The highest BCUT2D eigenvalue weighted by molar-refractivity contribution is 7.80. The zero-order valence-corrected chi connectivity index (χ0v) is 10.6. The van der Waals surface area contributed by atoms with Crippen LogP contribution in [0.1, 0.15) is 46.0 Å². The van der Waals surface area contributed by atoms with Gasteiger partial charge in [-0.25, -0.2) is 0 Å². The molecule has 0 aliphatic heterocycles. The maximum atomic E-state index is 5.51. The van der Waals surface area contributed by atoms with E-state index in [1.165, 1.54) is 32.1 Å².